The lowest BCUT2D eigenvalue weighted by molar-refractivity contribution is -0.120. The van der Waals surface area contributed by atoms with Crippen LogP contribution in [0.25, 0.3) is 64.6 Å². The number of primary amides is 2. The summed E-state index contributed by atoms with van der Waals surface area (Å²) >= 11 is 0. The van der Waals surface area contributed by atoms with Crippen LogP contribution in [0, 0.1) is 35.1 Å². The number of aromatic nitrogens is 6. The summed E-state index contributed by atoms with van der Waals surface area (Å²) in [6.45, 7) is 24.9. The molecule has 12 N–H and O–H groups in total. The van der Waals surface area contributed by atoms with Crippen molar-refractivity contribution in [3.8, 4) is 6.19 Å². The number of likely N-dealkylation sites (tertiary alicyclic amines) is 4. The van der Waals surface area contributed by atoms with Gasteiger partial charge in [-0.2, -0.15) is 5.26 Å². The molecule has 6 aromatic carbocycles. The zero-order valence-corrected chi connectivity index (χ0v) is 82.8. The number of esters is 3. The molecule has 0 radical (unpaired) electrons. The molecule has 4 fully saturated rings. The summed E-state index contributed by atoms with van der Waals surface area (Å²) in [7, 11) is 4.01. The number of anilines is 6. The first-order valence-corrected chi connectivity index (χ1v) is 46.0. The minimum Gasteiger partial charge on any atom is -0.478 e. The number of hydrogen-bond acceptors (Lipinski definition) is 30. The summed E-state index contributed by atoms with van der Waals surface area (Å²) in [5, 5.41) is 41.3. The van der Waals surface area contributed by atoms with Crippen LogP contribution in [-0.4, -0.2) is 234 Å². The van der Waals surface area contributed by atoms with Gasteiger partial charge in [-0.25, -0.2) is 68.3 Å². The topological polar surface area (TPSA) is 576 Å². The molecule has 0 saturated carbocycles. The van der Waals surface area contributed by atoms with Gasteiger partial charge in [-0.1, -0.05) is 36.4 Å². The Morgan fingerprint density at radius 2 is 0.579 bits per heavy atom. The standard InChI is InChI=1S/C21H25N3O5.C20H24N4O4.C20H23N3O5.C16H15N5O2.C16H18N2O4.C11H10N2O2/c1-21(2,3)29-20(27)24-8-7-15(12-24)18(25)23-17-10-16-9-13(19(26)28-4)5-6-14(16)11-22-17;1-20(2,3)28-19(27)24-7-6-14(11-24)18(26)23-16-9-15-8-12(17(21)25)4-5-13(15)10-22-16;1-20(2,3)28-19(27)23-7-6-14(11-23)17(24)22-16-9-15-8-12(18(25)26)4-5-13(15)10-21-16;17-9-21-4-3-12(8-21)16(23)20-14-6-13-5-10(15(18)22)1-2-11(13)7-19-14;1-16(2,3)22-15(20)18-13-8-12-7-10(14(19)21-4)5-6-11(12)9-17-13;1-15-11(14)7-2-3-8-6-13-10(12)5-9(8)4-7/h5-6,9-11,15H,7-8,12H2,1-4H3,(H,22,23,25);4-5,8-10,14H,6-7,11H2,1-3H3,(H2,21,25)(H,22,23,26);4-5,8-10,14H,6-7,11H2,1-3H3,(H,25,26)(H,21,22,24);1-2,5-7,12H,3-4,8H2,(H2,18,22)(H,19,20,23);5-9H,1-4H3,(H,17,18,20);2-6H,1H3,(H2,12,13)/t15-;2*14-;12-;;/m0000../s1. The molecule has 758 valence electrons. The van der Waals surface area contributed by atoms with Gasteiger partial charge in [-0.15, -0.1) is 0 Å². The smallest absolute Gasteiger partial charge is 0.413 e. The number of carbonyl (C=O) groups excluding carboxylic acids is 13. The normalized spacial score (nSPS) is 15.2. The van der Waals surface area contributed by atoms with Crippen molar-refractivity contribution in [3.63, 3.8) is 0 Å². The van der Waals surface area contributed by atoms with Gasteiger partial charge in [-0.05, 0) is 250 Å². The maximum absolute atomic E-state index is 12.6. The quantitative estimate of drug-likeness (QED) is 0.0261. The molecular formula is C104H115N19O22. The zero-order chi connectivity index (χ0) is 106. The Morgan fingerprint density at radius 3 is 0.848 bits per heavy atom. The van der Waals surface area contributed by atoms with Crippen molar-refractivity contribution in [1.82, 2.24) is 49.5 Å². The second-order valence-electron chi connectivity index (χ2n) is 38.2. The van der Waals surface area contributed by atoms with Crippen molar-refractivity contribution in [2.24, 2.45) is 35.1 Å². The Morgan fingerprint density at radius 1 is 0.331 bits per heavy atom. The molecule has 0 spiro atoms. The number of nitrogens with two attached hydrogens (primary N) is 3. The van der Waals surface area contributed by atoms with Crippen LogP contribution in [0.3, 0.4) is 0 Å². The number of nitrogens with zero attached hydrogens (tertiary/aromatic N) is 11. The summed E-state index contributed by atoms with van der Waals surface area (Å²) in [6.07, 6.45) is 12.3. The summed E-state index contributed by atoms with van der Waals surface area (Å²) < 4.78 is 35.3. The average molecular weight is 1980 g/mol. The van der Waals surface area contributed by atoms with E-state index in [1.165, 1.54) is 38.4 Å². The number of carboxylic acids is 1. The van der Waals surface area contributed by atoms with Crippen molar-refractivity contribution in [2.45, 2.75) is 131 Å². The SMILES string of the molecule is CC(C)(C)OC(=O)N1CC[C@H](C(=O)Nc2cc3cc(C(=O)O)ccc3cn2)C1.CC(C)(C)OC(=O)N1CC[C@H](C(=O)Nc2cc3cc(C(N)=O)ccc3cn2)C1.COC(=O)c1ccc2cnc(N)cc2c1.COC(=O)c1ccc2cnc(NC(=O)OC(C)(C)C)cc2c1.COC(=O)c1ccc2cnc(NC(=O)[C@H]3CCN(C(=O)OC(C)(C)C)C3)cc2c1.N#CN1CC[C@H](C(=O)Nc2cc3cc(C(N)=O)ccc3cn2)C1. The summed E-state index contributed by atoms with van der Waals surface area (Å²) in [6, 6.07) is 40.5. The molecule has 41 heteroatoms. The highest BCUT2D eigenvalue weighted by atomic mass is 16.6. The molecule has 41 nitrogen and oxygen atoms in total. The second-order valence-corrected chi connectivity index (χ2v) is 38.2. The van der Waals surface area contributed by atoms with Gasteiger partial charge in [0.1, 0.15) is 57.3 Å². The number of fused-ring (bicyclic) bond motifs is 6. The lowest BCUT2D eigenvalue weighted by Crippen LogP contribution is -2.36. The van der Waals surface area contributed by atoms with E-state index >= 15 is 0 Å². The minimum absolute atomic E-state index is 0.152. The van der Waals surface area contributed by atoms with Crippen LogP contribution >= 0.6 is 0 Å². The lowest BCUT2D eigenvalue weighted by Gasteiger charge is -2.24. The van der Waals surface area contributed by atoms with Gasteiger partial charge in [-0.3, -0.25) is 34.1 Å². The van der Waals surface area contributed by atoms with E-state index in [2.05, 4.69) is 61.2 Å². The number of nitriles is 1. The number of carbonyl (C=O) groups is 14. The van der Waals surface area contributed by atoms with Crippen molar-refractivity contribution >= 4 is 183 Å². The van der Waals surface area contributed by atoms with E-state index in [1.54, 1.807) is 242 Å². The first-order chi connectivity index (χ1) is 68.4. The first-order valence-electron chi connectivity index (χ1n) is 46.0. The third-order valence-electron chi connectivity index (χ3n) is 22.4. The fourth-order valence-electron chi connectivity index (χ4n) is 15.2. The number of rotatable bonds is 15. The number of carboxylic acid groups (broad SMARTS) is 1. The van der Waals surface area contributed by atoms with Gasteiger partial charge in [0.15, 0.2) is 6.19 Å². The second kappa shape index (κ2) is 47.3. The highest BCUT2D eigenvalue weighted by Gasteiger charge is 2.38. The molecule has 10 heterocycles. The average Bonchev–Trinajstić information content (AvgIpc) is 1.35. The number of amides is 10. The van der Waals surface area contributed by atoms with Gasteiger partial charge in [0, 0.05) is 133 Å². The third-order valence-corrected chi connectivity index (χ3v) is 22.4. The van der Waals surface area contributed by atoms with Crippen LogP contribution in [0.1, 0.15) is 171 Å². The fraction of sp³-hybridized carbons (Fsp3) is 0.337. The molecular weight excluding hydrogens is 1870 g/mol. The van der Waals surface area contributed by atoms with Crippen LogP contribution in [0.5, 0.6) is 0 Å². The maximum Gasteiger partial charge on any atom is 0.413 e. The predicted molar refractivity (Wildman–Crippen MR) is 540 cm³/mol. The third kappa shape index (κ3) is 31.3. The molecule has 6 aromatic heterocycles. The van der Waals surface area contributed by atoms with Crippen LogP contribution in [0.2, 0.25) is 0 Å². The predicted octanol–water partition coefficient (Wildman–Crippen LogP) is 14.9. The summed E-state index contributed by atoms with van der Waals surface area (Å²) in [5.74, 6) is -2.94. The van der Waals surface area contributed by atoms with Gasteiger partial charge in [0.25, 0.3) is 0 Å². The number of benzene rings is 6. The zero-order valence-electron chi connectivity index (χ0n) is 82.8. The summed E-state index contributed by atoms with van der Waals surface area (Å²) in [4.78, 5) is 198. The van der Waals surface area contributed by atoms with E-state index in [-0.39, 0.29) is 65.4 Å². The van der Waals surface area contributed by atoms with Crippen molar-refractivity contribution in [1.29, 1.82) is 5.26 Å². The van der Waals surface area contributed by atoms with Crippen LogP contribution in [0.4, 0.5) is 54.1 Å². The number of methoxy groups -OCH3 is 3. The van der Waals surface area contributed by atoms with E-state index in [0.717, 1.165) is 59.2 Å². The van der Waals surface area contributed by atoms with E-state index in [4.69, 9.17) is 56.0 Å². The van der Waals surface area contributed by atoms with E-state index < -0.39 is 76.5 Å². The highest BCUT2D eigenvalue weighted by molar-refractivity contribution is 6.04. The van der Waals surface area contributed by atoms with Crippen molar-refractivity contribution < 1.29 is 105 Å². The molecule has 4 aliphatic rings. The Bertz CT molecular complexity index is 6850. The van der Waals surface area contributed by atoms with Gasteiger partial charge >= 0.3 is 48.3 Å². The highest BCUT2D eigenvalue weighted by Crippen LogP contribution is 2.31. The molecule has 0 unspecified atom stereocenters. The number of ether oxygens (including phenoxy) is 7. The van der Waals surface area contributed by atoms with Gasteiger partial charge < -0.3 is 96.3 Å². The number of nitrogen functional groups attached to an aromatic ring is 1. The van der Waals surface area contributed by atoms with Crippen molar-refractivity contribution in [3.05, 3.63) is 216 Å². The number of hydrogen-bond donors (Lipinski definition) is 9. The Kier molecular flexibility index (Phi) is 35.2. The maximum atomic E-state index is 12.6. The monoisotopic (exact) mass is 1980 g/mol. The fourth-order valence-corrected chi connectivity index (χ4v) is 15.2. The molecule has 12 aromatic rings. The van der Waals surface area contributed by atoms with Crippen LogP contribution < -0.4 is 43.8 Å². The molecule has 16 rings (SSSR count). The van der Waals surface area contributed by atoms with Crippen LogP contribution in [-0.2, 0) is 52.3 Å². The molecule has 4 saturated heterocycles. The van der Waals surface area contributed by atoms with E-state index in [1.807, 2.05) is 33.0 Å². The molecule has 4 atom stereocenters. The number of aromatic carboxylic acids is 1. The van der Waals surface area contributed by atoms with Gasteiger partial charge in [0.2, 0.25) is 35.4 Å². The Balaban J connectivity index is 0.000000167. The largest absolute Gasteiger partial charge is 0.478 e. The first kappa shape index (κ1) is 108. The summed E-state index contributed by atoms with van der Waals surface area (Å²) in [5.41, 5.74) is 16.2. The number of nitrogens with one attached hydrogen (secondary N) is 5. The van der Waals surface area contributed by atoms with E-state index in [9.17, 15) is 67.1 Å². The Labute approximate surface area is 833 Å². The minimum atomic E-state index is -1.02. The molecule has 0 bridgehead atoms. The van der Waals surface area contributed by atoms with Crippen molar-refractivity contribution in [2.75, 3.05) is 106 Å². The molecule has 145 heavy (non-hydrogen) atoms. The number of pyridine rings is 6. The van der Waals surface area contributed by atoms with Crippen LogP contribution in [0.15, 0.2) is 183 Å². The lowest BCUT2D eigenvalue weighted by atomic mass is 10.1. The molecule has 10 amide bonds. The van der Waals surface area contributed by atoms with E-state index in [0.29, 0.717) is 140 Å². The molecule has 4 aliphatic heterocycles. The Hall–Kier alpha value is -17.4. The molecule has 0 aliphatic carbocycles. The van der Waals surface area contributed by atoms with Gasteiger partial charge in [0.05, 0.1) is 67.3 Å².